The van der Waals surface area contributed by atoms with Gasteiger partial charge in [-0.3, -0.25) is 0 Å². The molecular weight excluding hydrogens is 254 g/mol. The number of allylic oxidation sites excluding steroid dienone is 4. The molecule has 2 nitrogen and oxygen atoms in total. The molecule has 1 aliphatic rings. The van der Waals surface area contributed by atoms with Crippen LogP contribution < -0.4 is 0 Å². The van der Waals surface area contributed by atoms with Crippen molar-refractivity contribution in [3.8, 4) is 0 Å². The Bertz CT molecular complexity index is 308. The molecule has 0 saturated heterocycles. The summed E-state index contributed by atoms with van der Waals surface area (Å²) in [5, 5.41) is 5.96. The van der Waals surface area contributed by atoms with E-state index in [-0.39, 0.29) is 0 Å². The van der Waals surface area contributed by atoms with E-state index in [4.69, 9.17) is 34.8 Å². The summed E-state index contributed by atoms with van der Waals surface area (Å²) in [7, 11) is 3.72. The summed E-state index contributed by atoms with van der Waals surface area (Å²) in [6.45, 7) is 1.86. The summed E-state index contributed by atoms with van der Waals surface area (Å²) in [5.41, 5.74) is 0.259. The first-order chi connectivity index (χ1) is 6.74. The number of hydrogen-bond acceptors (Lipinski definition) is 2. The van der Waals surface area contributed by atoms with Crippen LogP contribution in [0.2, 0.25) is 0 Å². The van der Waals surface area contributed by atoms with E-state index in [1.54, 1.807) is 5.01 Å². The standard InChI is InChI=1S/C10H13Cl3N2/c1-9(10(11,12)13)6-4-8(5-7-9)14-15(2)3/h4-7H,1-3H3. The van der Waals surface area contributed by atoms with Crippen LogP contribution in [0.4, 0.5) is 0 Å². The van der Waals surface area contributed by atoms with Gasteiger partial charge in [0.2, 0.25) is 3.79 Å². The van der Waals surface area contributed by atoms with Crippen LogP contribution in [0, 0.1) is 5.41 Å². The van der Waals surface area contributed by atoms with Crippen molar-refractivity contribution in [2.75, 3.05) is 14.1 Å². The zero-order valence-electron chi connectivity index (χ0n) is 8.84. The minimum absolute atomic E-state index is 0.580. The molecule has 0 saturated carbocycles. The molecule has 0 unspecified atom stereocenters. The average Bonchev–Trinajstić information content (AvgIpc) is 2.06. The fraction of sp³-hybridized carbons (Fsp3) is 0.500. The first-order valence-corrected chi connectivity index (χ1v) is 5.59. The molecule has 0 amide bonds. The second-order valence-electron chi connectivity index (χ2n) is 3.82. The number of nitrogens with zero attached hydrogens (tertiary/aromatic N) is 2. The van der Waals surface area contributed by atoms with Crippen LogP contribution in [0.25, 0.3) is 0 Å². The van der Waals surface area contributed by atoms with Gasteiger partial charge in [-0.1, -0.05) is 47.0 Å². The van der Waals surface area contributed by atoms with Crippen molar-refractivity contribution in [3.63, 3.8) is 0 Å². The van der Waals surface area contributed by atoms with Gasteiger partial charge in [0.15, 0.2) is 0 Å². The topological polar surface area (TPSA) is 15.6 Å². The molecule has 0 fully saturated rings. The van der Waals surface area contributed by atoms with E-state index in [9.17, 15) is 0 Å². The van der Waals surface area contributed by atoms with Gasteiger partial charge in [0.05, 0.1) is 11.1 Å². The number of alkyl halides is 3. The lowest BCUT2D eigenvalue weighted by atomic mass is 9.87. The Balaban J connectivity index is 2.89. The van der Waals surface area contributed by atoms with E-state index in [0.29, 0.717) is 0 Å². The van der Waals surface area contributed by atoms with Gasteiger partial charge in [0, 0.05) is 14.1 Å². The molecule has 0 spiro atoms. The molecular formula is C10H13Cl3N2. The van der Waals surface area contributed by atoms with Crippen molar-refractivity contribution in [3.05, 3.63) is 24.3 Å². The maximum absolute atomic E-state index is 5.88. The van der Waals surface area contributed by atoms with E-state index >= 15 is 0 Å². The van der Waals surface area contributed by atoms with E-state index in [0.717, 1.165) is 5.71 Å². The largest absolute Gasteiger partial charge is 0.303 e. The molecule has 84 valence electrons. The van der Waals surface area contributed by atoms with Crippen LogP contribution in [-0.2, 0) is 0 Å². The monoisotopic (exact) mass is 266 g/mol. The molecule has 0 aliphatic heterocycles. The molecule has 1 aliphatic carbocycles. The van der Waals surface area contributed by atoms with Crippen LogP contribution in [0.5, 0.6) is 0 Å². The van der Waals surface area contributed by atoms with Crippen molar-refractivity contribution >= 4 is 40.5 Å². The third kappa shape index (κ3) is 3.13. The van der Waals surface area contributed by atoms with Crippen LogP contribution in [-0.4, -0.2) is 28.6 Å². The van der Waals surface area contributed by atoms with Crippen molar-refractivity contribution < 1.29 is 0 Å². The molecule has 0 aromatic rings. The van der Waals surface area contributed by atoms with Crippen molar-refractivity contribution in [1.82, 2.24) is 5.01 Å². The third-order valence-corrected chi connectivity index (χ3v) is 3.35. The summed E-state index contributed by atoms with van der Waals surface area (Å²) in [6.07, 6.45) is 7.40. The molecule has 0 aromatic heterocycles. The number of halogens is 3. The Morgan fingerprint density at radius 2 is 1.67 bits per heavy atom. The number of hydrazone groups is 1. The van der Waals surface area contributed by atoms with Crippen molar-refractivity contribution in [2.24, 2.45) is 10.5 Å². The second-order valence-corrected chi connectivity index (χ2v) is 6.10. The van der Waals surface area contributed by atoms with Crippen LogP contribution in [0.3, 0.4) is 0 Å². The predicted octanol–water partition coefficient (Wildman–Crippen LogP) is 3.41. The highest BCUT2D eigenvalue weighted by atomic mass is 35.6. The lowest BCUT2D eigenvalue weighted by Crippen LogP contribution is -2.30. The van der Waals surface area contributed by atoms with Gasteiger partial charge in [-0.2, -0.15) is 5.10 Å². The molecule has 0 N–H and O–H groups in total. The molecule has 15 heavy (non-hydrogen) atoms. The Morgan fingerprint density at radius 3 is 2.00 bits per heavy atom. The van der Waals surface area contributed by atoms with Gasteiger partial charge in [-0.15, -0.1) is 0 Å². The summed E-state index contributed by atoms with van der Waals surface area (Å²) in [6, 6.07) is 0. The summed E-state index contributed by atoms with van der Waals surface area (Å²) in [4.78, 5) is 0. The Kier molecular flexibility index (Phi) is 3.75. The molecule has 0 heterocycles. The number of rotatable bonds is 1. The molecule has 0 aromatic carbocycles. The third-order valence-electron chi connectivity index (χ3n) is 2.13. The maximum atomic E-state index is 5.88. The lowest BCUT2D eigenvalue weighted by molar-refractivity contribution is 0.438. The first-order valence-electron chi connectivity index (χ1n) is 4.46. The fourth-order valence-corrected chi connectivity index (χ4v) is 1.49. The van der Waals surface area contributed by atoms with E-state index in [1.807, 2.05) is 45.3 Å². The Morgan fingerprint density at radius 1 is 1.20 bits per heavy atom. The van der Waals surface area contributed by atoms with Crippen molar-refractivity contribution in [1.29, 1.82) is 0 Å². The van der Waals surface area contributed by atoms with E-state index < -0.39 is 9.21 Å². The maximum Gasteiger partial charge on any atom is 0.202 e. The highest BCUT2D eigenvalue weighted by Crippen LogP contribution is 2.47. The second kappa shape index (κ2) is 4.36. The van der Waals surface area contributed by atoms with E-state index in [2.05, 4.69) is 5.10 Å². The van der Waals surface area contributed by atoms with Gasteiger partial charge >= 0.3 is 0 Å². The first kappa shape index (κ1) is 12.9. The predicted molar refractivity (Wildman–Crippen MR) is 67.8 cm³/mol. The van der Waals surface area contributed by atoms with Gasteiger partial charge in [-0.05, 0) is 19.1 Å². The quantitative estimate of drug-likeness (QED) is 0.525. The lowest BCUT2D eigenvalue weighted by Gasteiger charge is -2.32. The van der Waals surface area contributed by atoms with Gasteiger partial charge in [0.25, 0.3) is 0 Å². The van der Waals surface area contributed by atoms with Crippen LogP contribution in [0.1, 0.15) is 6.92 Å². The molecule has 0 radical (unpaired) electrons. The molecule has 1 rings (SSSR count). The van der Waals surface area contributed by atoms with E-state index in [1.165, 1.54) is 0 Å². The Hall–Kier alpha value is -0.180. The molecule has 5 heteroatoms. The molecule has 0 bridgehead atoms. The minimum atomic E-state index is -1.34. The van der Waals surface area contributed by atoms with Gasteiger partial charge in [-0.25, -0.2) is 0 Å². The van der Waals surface area contributed by atoms with Crippen LogP contribution in [0.15, 0.2) is 29.4 Å². The highest BCUT2D eigenvalue weighted by Gasteiger charge is 2.41. The van der Waals surface area contributed by atoms with Crippen LogP contribution >= 0.6 is 34.8 Å². The van der Waals surface area contributed by atoms with Gasteiger partial charge < -0.3 is 5.01 Å². The van der Waals surface area contributed by atoms with Gasteiger partial charge in [0.1, 0.15) is 0 Å². The molecule has 0 atom stereocenters. The normalized spacial score (nSPS) is 25.6. The zero-order chi connectivity index (χ0) is 11.7. The number of hydrogen-bond donors (Lipinski definition) is 0. The summed E-state index contributed by atoms with van der Waals surface area (Å²) < 4.78 is -1.34. The highest BCUT2D eigenvalue weighted by molar-refractivity contribution is 6.68. The Labute approximate surface area is 105 Å². The smallest absolute Gasteiger partial charge is 0.202 e. The average molecular weight is 268 g/mol. The summed E-state index contributed by atoms with van der Waals surface area (Å²) in [5.74, 6) is 0. The van der Waals surface area contributed by atoms with Crippen molar-refractivity contribution in [2.45, 2.75) is 10.7 Å². The minimum Gasteiger partial charge on any atom is -0.303 e. The zero-order valence-corrected chi connectivity index (χ0v) is 11.1. The SMILES string of the molecule is CN(C)N=C1C=CC(C)(C(Cl)(Cl)Cl)C=C1. The fourth-order valence-electron chi connectivity index (χ4n) is 1.11. The summed E-state index contributed by atoms with van der Waals surface area (Å²) >= 11 is 17.7.